The quantitative estimate of drug-likeness (QED) is 0.575. The monoisotopic (exact) mass is 458 g/mol. The highest BCUT2D eigenvalue weighted by atomic mass is 16.5. The summed E-state index contributed by atoms with van der Waals surface area (Å²) in [7, 11) is 1.63. The molecule has 3 amide bonds. The van der Waals surface area contributed by atoms with E-state index in [0.717, 1.165) is 24.3 Å². The summed E-state index contributed by atoms with van der Waals surface area (Å²) in [6.45, 7) is 7.00. The number of hydrogen-bond donors (Lipinski definition) is 2. The van der Waals surface area contributed by atoms with Gasteiger partial charge in [0.1, 0.15) is 5.75 Å². The zero-order valence-electron chi connectivity index (χ0n) is 19.7. The van der Waals surface area contributed by atoms with Crippen molar-refractivity contribution in [3.05, 3.63) is 41.1 Å². The average Bonchev–Trinajstić information content (AvgIpc) is 3.03. The summed E-state index contributed by atoms with van der Waals surface area (Å²) in [5.41, 5.74) is 2.13. The van der Waals surface area contributed by atoms with E-state index in [2.05, 4.69) is 15.5 Å². The minimum atomic E-state index is -0.421. The number of hydrogen-bond acceptors (Lipinski definition) is 6. The summed E-state index contributed by atoms with van der Waals surface area (Å²) >= 11 is 0. The molecule has 2 heterocycles. The molecule has 1 atom stereocenters. The molecule has 1 saturated heterocycles. The molecule has 0 aromatic heterocycles. The van der Waals surface area contributed by atoms with Crippen LogP contribution in [0, 0.1) is 0 Å². The van der Waals surface area contributed by atoms with E-state index in [-0.39, 0.29) is 18.5 Å². The molecule has 1 aromatic rings. The molecule has 9 heteroatoms. The van der Waals surface area contributed by atoms with Gasteiger partial charge in [-0.3, -0.25) is 9.69 Å². The van der Waals surface area contributed by atoms with Gasteiger partial charge in [0.05, 0.1) is 25.3 Å². The summed E-state index contributed by atoms with van der Waals surface area (Å²) < 4.78 is 10.4. The van der Waals surface area contributed by atoms with Crippen LogP contribution >= 0.6 is 0 Å². The standard InChI is InChI=1S/C24H34N4O5/c1-4-33-23(30)22-17(2)25-24(31)26-20(22)16-27-12-5-13-28(15-14-27)21(29)11-8-18-6-9-19(32-3)10-7-18/h6-7,9-10,17H,4-5,8,11-16H2,1-3H3,(H2,25,26,31). The Kier molecular flexibility index (Phi) is 8.71. The lowest BCUT2D eigenvalue weighted by Crippen LogP contribution is -2.51. The number of amides is 3. The van der Waals surface area contributed by atoms with Crippen molar-refractivity contribution in [3.63, 3.8) is 0 Å². The van der Waals surface area contributed by atoms with Crippen LogP contribution in [0.15, 0.2) is 35.5 Å². The lowest BCUT2D eigenvalue weighted by atomic mass is 10.0. The van der Waals surface area contributed by atoms with Gasteiger partial charge < -0.3 is 25.0 Å². The predicted octanol–water partition coefficient (Wildman–Crippen LogP) is 1.68. The first-order valence-electron chi connectivity index (χ1n) is 11.5. The highest BCUT2D eigenvalue weighted by molar-refractivity contribution is 5.94. The molecule has 0 spiro atoms. The molecule has 9 nitrogen and oxygen atoms in total. The van der Waals surface area contributed by atoms with Gasteiger partial charge in [-0.15, -0.1) is 0 Å². The van der Waals surface area contributed by atoms with Crippen molar-refractivity contribution >= 4 is 17.9 Å². The van der Waals surface area contributed by atoms with Crippen molar-refractivity contribution in [3.8, 4) is 5.75 Å². The Balaban J connectivity index is 1.57. The number of nitrogens with zero attached hydrogens (tertiary/aromatic N) is 2. The summed E-state index contributed by atoms with van der Waals surface area (Å²) in [4.78, 5) is 41.3. The van der Waals surface area contributed by atoms with Gasteiger partial charge in [0.15, 0.2) is 0 Å². The van der Waals surface area contributed by atoms with Gasteiger partial charge in [0.2, 0.25) is 5.91 Å². The van der Waals surface area contributed by atoms with E-state index < -0.39 is 12.0 Å². The number of benzene rings is 1. The first-order valence-corrected chi connectivity index (χ1v) is 11.5. The van der Waals surface area contributed by atoms with E-state index >= 15 is 0 Å². The largest absolute Gasteiger partial charge is 0.497 e. The average molecular weight is 459 g/mol. The van der Waals surface area contributed by atoms with E-state index in [0.29, 0.717) is 50.3 Å². The molecule has 33 heavy (non-hydrogen) atoms. The molecular weight excluding hydrogens is 424 g/mol. The van der Waals surface area contributed by atoms with Gasteiger partial charge in [-0.2, -0.15) is 0 Å². The Hall–Kier alpha value is -3.07. The van der Waals surface area contributed by atoms with Gasteiger partial charge in [-0.05, 0) is 44.4 Å². The van der Waals surface area contributed by atoms with Crippen LogP contribution in [0.3, 0.4) is 0 Å². The Labute approximate surface area is 195 Å². The van der Waals surface area contributed by atoms with Gasteiger partial charge in [-0.25, -0.2) is 9.59 Å². The topological polar surface area (TPSA) is 100 Å². The van der Waals surface area contributed by atoms with Gasteiger partial charge in [0, 0.05) is 44.8 Å². The second kappa shape index (κ2) is 11.7. The Morgan fingerprint density at radius 3 is 2.58 bits per heavy atom. The van der Waals surface area contributed by atoms with Crippen molar-refractivity contribution in [2.24, 2.45) is 0 Å². The van der Waals surface area contributed by atoms with Crippen LogP contribution in [0.2, 0.25) is 0 Å². The Morgan fingerprint density at radius 1 is 1.12 bits per heavy atom. The van der Waals surface area contributed by atoms with E-state index in [9.17, 15) is 14.4 Å². The molecule has 1 unspecified atom stereocenters. The Bertz CT molecular complexity index is 883. The van der Waals surface area contributed by atoms with E-state index in [1.54, 1.807) is 21.0 Å². The van der Waals surface area contributed by atoms with Crippen molar-refractivity contribution in [2.45, 2.75) is 39.2 Å². The number of aryl methyl sites for hydroxylation is 1. The minimum Gasteiger partial charge on any atom is -0.497 e. The van der Waals surface area contributed by atoms with Crippen LogP contribution in [0.4, 0.5) is 4.79 Å². The second-order valence-corrected chi connectivity index (χ2v) is 8.29. The van der Waals surface area contributed by atoms with Gasteiger partial charge in [-0.1, -0.05) is 12.1 Å². The van der Waals surface area contributed by atoms with Crippen LogP contribution in [0.25, 0.3) is 0 Å². The summed E-state index contributed by atoms with van der Waals surface area (Å²) in [5, 5.41) is 5.50. The zero-order valence-corrected chi connectivity index (χ0v) is 19.7. The number of methoxy groups -OCH3 is 1. The van der Waals surface area contributed by atoms with E-state index in [4.69, 9.17) is 9.47 Å². The molecular formula is C24H34N4O5. The number of ether oxygens (including phenoxy) is 2. The first-order chi connectivity index (χ1) is 15.9. The van der Waals surface area contributed by atoms with Gasteiger partial charge in [0.25, 0.3) is 0 Å². The van der Waals surface area contributed by atoms with Crippen molar-refractivity contribution in [1.82, 2.24) is 20.4 Å². The fourth-order valence-electron chi connectivity index (χ4n) is 4.21. The SMILES string of the molecule is CCOC(=O)C1=C(CN2CCCN(C(=O)CCc3ccc(OC)cc3)CC2)NC(=O)NC1C. The third kappa shape index (κ3) is 6.71. The highest BCUT2D eigenvalue weighted by Crippen LogP contribution is 2.17. The molecule has 2 aliphatic heterocycles. The molecule has 1 aromatic carbocycles. The van der Waals surface area contributed by atoms with Crippen LogP contribution in [-0.2, 0) is 20.7 Å². The molecule has 180 valence electrons. The predicted molar refractivity (Wildman–Crippen MR) is 124 cm³/mol. The number of nitrogens with one attached hydrogen (secondary N) is 2. The van der Waals surface area contributed by atoms with Crippen LogP contribution < -0.4 is 15.4 Å². The van der Waals surface area contributed by atoms with Crippen LogP contribution in [0.5, 0.6) is 5.75 Å². The molecule has 0 radical (unpaired) electrons. The fraction of sp³-hybridized carbons (Fsp3) is 0.542. The lowest BCUT2D eigenvalue weighted by molar-refractivity contribution is -0.139. The first kappa shape index (κ1) is 24.6. The molecule has 0 bridgehead atoms. The molecule has 3 rings (SSSR count). The minimum absolute atomic E-state index is 0.142. The van der Waals surface area contributed by atoms with Crippen molar-refractivity contribution in [2.75, 3.05) is 46.4 Å². The molecule has 0 saturated carbocycles. The lowest BCUT2D eigenvalue weighted by Gasteiger charge is -2.30. The third-order valence-corrected chi connectivity index (χ3v) is 5.98. The maximum Gasteiger partial charge on any atom is 0.337 e. The molecule has 0 aliphatic carbocycles. The van der Waals surface area contributed by atoms with Gasteiger partial charge >= 0.3 is 12.0 Å². The number of rotatable bonds is 8. The summed E-state index contributed by atoms with van der Waals surface area (Å²) in [6.07, 6.45) is 1.98. The van der Waals surface area contributed by atoms with Crippen LogP contribution in [0.1, 0.15) is 32.3 Å². The molecule has 1 fully saturated rings. The number of esters is 1. The number of urea groups is 1. The highest BCUT2D eigenvalue weighted by Gasteiger charge is 2.31. The summed E-state index contributed by atoms with van der Waals surface area (Å²) in [6, 6.07) is 7.04. The fourth-order valence-corrected chi connectivity index (χ4v) is 4.21. The second-order valence-electron chi connectivity index (χ2n) is 8.29. The van der Waals surface area contributed by atoms with Crippen molar-refractivity contribution in [1.29, 1.82) is 0 Å². The zero-order chi connectivity index (χ0) is 23.8. The smallest absolute Gasteiger partial charge is 0.337 e. The third-order valence-electron chi connectivity index (χ3n) is 5.98. The maximum absolute atomic E-state index is 12.8. The van der Waals surface area contributed by atoms with Crippen molar-refractivity contribution < 1.29 is 23.9 Å². The van der Waals surface area contributed by atoms with Crippen LogP contribution in [-0.4, -0.2) is 80.2 Å². The number of carbonyl (C=O) groups is 3. The summed E-state index contributed by atoms with van der Waals surface area (Å²) in [5.74, 6) is 0.527. The maximum atomic E-state index is 12.8. The number of carbonyl (C=O) groups excluding carboxylic acids is 3. The normalized spacial score (nSPS) is 19.4. The van der Waals surface area contributed by atoms with E-state index in [1.807, 2.05) is 29.2 Å². The van der Waals surface area contributed by atoms with E-state index in [1.165, 1.54) is 0 Å². The molecule has 2 aliphatic rings. The Morgan fingerprint density at radius 2 is 1.88 bits per heavy atom. The molecule has 2 N–H and O–H groups in total.